The van der Waals surface area contributed by atoms with Gasteiger partial charge in [0.05, 0.1) is 24.8 Å². The molecule has 1 atom stereocenters. The predicted octanol–water partition coefficient (Wildman–Crippen LogP) is 1.21. The van der Waals surface area contributed by atoms with E-state index in [1.807, 2.05) is 0 Å². The smallest absolute Gasteiger partial charge is 0.262 e. The fourth-order valence-corrected chi connectivity index (χ4v) is 2.29. The van der Waals surface area contributed by atoms with Crippen molar-refractivity contribution in [3.63, 3.8) is 0 Å². The Morgan fingerprint density at radius 3 is 2.71 bits per heavy atom. The Balaban J connectivity index is 1.93. The highest BCUT2D eigenvalue weighted by Gasteiger charge is 2.42. The summed E-state index contributed by atoms with van der Waals surface area (Å²) in [6.45, 7) is 2.83. The van der Waals surface area contributed by atoms with Gasteiger partial charge in [-0.3, -0.25) is 19.9 Å². The standard InChI is InChI=1S/C14H17F2N3O2/c1-8-11(9(2)20)4-3-10(19-8)6-17-13(21)12-5-14(15,16)7-18-12/h3-4,12,18H,5-7H2,1-2H3,(H,17,21). The van der Waals surface area contributed by atoms with E-state index in [4.69, 9.17) is 0 Å². The predicted molar refractivity (Wildman–Crippen MR) is 72.2 cm³/mol. The summed E-state index contributed by atoms with van der Waals surface area (Å²) in [6, 6.07) is 2.41. The van der Waals surface area contributed by atoms with E-state index in [0.29, 0.717) is 17.0 Å². The van der Waals surface area contributed by atoms with E-state index < -0.39 is 30.8 Å². The molecule has 1 aromatic heterocycles. The number of halogens is 2. The van der Waals surface area contributed by atoms with Gasteiger partial charge in [-0.15, -0.1) is 0 Å². The molecule has 0 radical (unpaired) electrons. The Hall–Kier alpha value is -1.89. The molecule has 0 aliphatic carbocycles. The maximum atomic E-state index is 13.0. The van der Waals surface area contributed by atoms with Crippen LogP contribution in [-0.4, -0.2) is 35.2 Å². The summed E-state index contributed by atoms with van der Waals surface area (Å²) in [6.07, 6.45) is -0.492. The highest BCUT2D eigenvalue weighted by molar-refractivity contribution is 5.95. The molecule has 1 aromatic rings. The lowest BCUT2D eigenvalue weighted by Gasteiger charge is -2.11. The largest absolute Gasteiger partial charge is 0.349 e. The van der Waals surface area contributed by atoms with Crippen molar-refractivity contribution in [3.8, 4) is 0 Å². The molecule has 1 unspecified atom stereocenters. The minimum absolute atomic E-state index is 0.0760. The maximum absolute atomic E-state index is 13.0. The molecule has 7 heteroatoms. The van der Waals surface area contributed by atoms with Gasteiger partial charge in [-0.05, 0) is 26.0 Å². The van der Waals surface area contributed by atoms with Crippen molar-refractivity contribution in [1.82, 2.24) is 15.6 Å². The molecule has 1 saturated heterocycles. The van der Waals surface area contributed by atoms with E-state index in [1.54, 1.807) is 19.1 Å². The van der Waals surface area contributed by atoms with Crippen molar-refractivity contribution in [2.24, 2.45) is 0 Å². The van der Waals surface area contributed by atoms with Gasteiger partial charge in [-0.2, -0.15) is 0 Å². The summed E-state index contributed by atoms with van der Waals surface area (Å²) in [5.74, 6) is -3.38. The SMILES string of the molecule is CC(=O)c1ccc(CNC(=O)C2CC(F)(F)CN2)nc1C. The number of rotatable bonds is 4. The average Bonchev–Trinajstić information content (AvgIpc) is 2.76. The Kier molecular flexibility index (Phi) is 4.32. The van der Waals surface area contributed by atoms with Crippen LogP contribution in [0.3, 0.4) is 0 Å². The molecule has 2 heterocycles. The van der Waals surface area contributed by atoms with Crippen LogP contribution < -0.4 is 10.6 Å². The van der Waals surface area contributed by atoms with Gasteiger partial charge in [0.2, 0.25) is 5.91 Å². The fraction of sp³-hybridized carbons (Fsp3) is 0.500. The van der Waals surface area contributed by atoms with Crippen molar-refractivity contribution in [3.05, 3.63) is 29.1 Å². The maximum Gasteiger partial charge on any atom is 0.262 e. The summed E-state index contributed by atoms with van der Waals surface area (Å²) in [5, 5.41) is 5.06. The van der Waals surface area contributed by atoms with Crippen molar-refractivity contribution < 1.29 is 18.4 Å². The van der Waals surface area contributed by atoms with Crippen LogP contribution in [0.5, 0.6) is 0 Å². The molecule has 2 rings (SSSR count). The van der Waals surface area contributed by atoms with Crippen LogP contribution >= 0.6 is 0 Å². The monoisotopic (exact) mass is 297 g/mol. The minimum atomic E-state index is -2.83. The molecule has 0 aromatic carbocycles. The van der Waals surface area contributed by atoms with Gasteiger partial charge in [-0.25, -0.2) is 8.78 Å². The van der Waals surface area contributed by atoms with Gasteiger partial charge < -0.3 is 5.32 Å². The second-order valence-electron chi connectivity index (χ2n) is 5.20. The fourth-order valence-electron chi connectivity index (χ4n) is 2.29. The zero-order chi connectivity index (χ0) is 15.6. The van der Waals surface area contributed by atoms with Crippen molar-refractivity contribution in [2.75, 3.05) is 6.54 Å². The molecule has 1 aliphatic heterocycles. The molecule has 1 amide bonds. The Morgan fingerprint density at radius 2 is 2.19 bits per heavy atom. The Morgan fingerprint density at radius 1 is 1.48 bits per heavy atom. The third-order valence-corrected chi connectivity index (χ3v) is 3.39. The van der Waals surface area contributed by atoms with Crippen LogP contribution in [0.2, 0.25) is 0 Å². The summed E-state index contributed by atoms with van der Waals surface area (Å²) in [7, 11) is 0. The Labute approximate surface area is 121 Å². The molecule has 21 heavy (non-hydrogen) atoms. The summed E-state index contributed by atoms with van der Waals surface area (Å²) < 4.78 is 26.0. The topological polar surface area (TPSA) is 71.1 Å². The van der Waals surface area contributed by atoms with E-state index in [2.05, 4.69) is 15.6 Å². The van der Waals surface area contributed by atoms with Crippen LogP contribution in [0.25, 0.3) is 0 Å². The zero-order valence-corrected chi connectivity index (χ0v) is 11.9. The van der Waals surface area contributed by atoms with Crippen molar-refractivity contribution in [1.29, 1.82) is 0 Å². The number of aryl methyl sites for hydroxylation is 1. The van der Waals surface area contributed by atoms with Gasteiger partial charge in [0.25, 0.3) is 5.92 Å². The molecule has 0 bridgehead atoms. The van der Waals surface area contributed by atoms with E-state index in [1.165, 1.54) is 6.92 Å². The first kappa shape index (κ1) is 15.5. The normalized spacial score (nSPS) is 20.3. The second-order valence-corrected chi connectivity index (χ2v) is 5.20. The number of carbonyl (C=O) groups is 2. The van der Waals surface area contributed by atoms with Crippen LogP contribution in [0, 0.1) is 6.92 Å². The zero-order valence-electron chi connectivity index (χ0n) is 11.9. The lowest BCUT2D eigenvalue weighted by atomic mass is 10.1. The highest BCUT2D eigenvalue weighted by Crippen LogP contribution is 2.25. The third-order valence-electron chi connectivity index (χ3n) is 3.39. The first-order valence-electron chi connectivity index (χ1n) is 6.65. The van der Waals surface area contributed by atoms with Gasteiger partial charge >= 0.3 is 0 Å². The number of aromatic nitrogens is 1. The lowest BCUT2D eigenvalue weighted by molar-refractivity contribution is -0.123. The van der Waals surface area contributed by atoms with E-state index >= 15 is 0 Å². The number of nitrogens with zero attached hydrogens (tertiary/aromatic N) is 1. The Bertz CT molecular complexity index is 575. The van der Waals surface area contributed by atoms with Gasteiger partial charge in [-0.1, -0.05) is 0 Å². The summed E-state index contributed by atoms with van der Waals surface area (Å²) >= 11 is 0. The van der Waals surface area contributed by atoms with Gasteiger partial charge in [0, 0.05) is 17.7 Å². The first-order chi connectivity index (χ1) is 9.78. The number of amides is 1. The van der Waals surface area contributed by atoms with Gasteiger partial charge in [0.15, 0.2) is 5.78 Å². The number of hydrogen-bond donors (Lipinski definition) is 2. The number of pyridine rings is 1. The van der Waals surface area contributed by atoms with E-state index in [9.17, 15) is 18.4 Å². The number of hydrogen-bond acceptors (Lipinski definition) is 4. The first-order valence-corrected chi connectivity index (χ1v) is 6.65. The van der Waals surface area contributed by atoms with Crippen LogP contribution in [0.15, 0.2) is 12.1 Å². The summed E-state index contributed by atoms with van der Waals surface area (Å²) in [5.41, 5.74) is 1.69. The van der Waals surface area contributed by atoms with Gasteiger partial charge in [0.1, 0.15) is 0 Å². The lowest BCUT2D eigenvalue weighted by Crippen LogP contribution is -2.40. The molecule has 0 saturated carbocycles. The average molecular weight is 297 g/mol. The van der Waals surface area contributed by atoms with Crippen molar-refractivity contribution in [2.45, 2.75) is 38.8 Å². The molecule has 1 fully saturated rings. The number of carbonyl (C=O) groups excluding carboxylic acids is 2. The quantitative estimate of drug-likeness (QED) is 0.819. The minimum Gasteiger partial charge on any atom is -0.349 e. The van der Waals surface area contributed by atoms with Crippen LogP contribution in [-0.2, 0) is 11.3 Å². The molecular formula is C14H17F2N3O2. The second kappa shape index (κ2) is 5.85. The van der Waals surface area contributed by atoms with E-state index in [0.717, 1.165) is 0 Å². The van der Waals surface area contributed by atoms with Crippen LogP contribution in [0.1, 0.15) is 35.1 Å². The molecule has 114 valence electrons. The van der Waals surface area contributed by atoms with Crippen molar-refractivity contribution >= 4 is 11.7 Å². The van der Waals surface area contributed by atoms with Crippen LogP contribution in [0.4, 0.5) is 8.78 Å². The number of nitrogens with one attached hydrogen (secondary N) is 2. The molecule has 1 aliphatic rings. The molecule has 5 nitrogen and oxygen atoms in total. The number of Topliss-reactive ketones (excluding diaryl/α,β-unsaturated/α-hetero) is 1. The molecule has 2 N–H and O–H groups in total. The van der Waals surface area contributed by atoms with E-state index in [-0.39, 0.29) is 12.3 Å². The third kappa shape index (κ3) is 3.81. The number of ketones is 1. The molecular weight excluding hydrogens is 280 g/mol. The highest BCUT2D eigenvalue weighted by atomic mass is 19.3. The summed E-state index contributed by atoms with van der Waals surface area (Å²) in [4.78, 5) is 27.3. The number of alkyl halides is 2. The molecule has 0 spiro atoms.